The lowest BCUT2D eigenvalue weighted by molar-refractivity contribution is -0.124. The molecule has 5 rings (SSSR count). The van der Waals surface area contributed by atoms with Gasteiger partial charge in [0.1, 0.15) is 17.9 Å². The van der Waals surface area contributed by atoms with Crippen molar-refractivity contribution in [3.05, 3.63) is 47.4 Å². The summed E-state index contributed by atoms with van der Waals surface area (Å²) >= 11 is 0. The van der Waals surface area contributed by atoms with Crippen molar-refractivity contribution < 1.29 is 9.59 Å². The van der Waals surface area contributed by atoms with Crippen molar-refractivity contribution in [3.8, 4) is 0 Å². The van der Waals surface area contributed by atoms with Crippen LogP contribution < -0.4 is 9.80 Å². The van der Waals surface area contributed by atoms with Crippen molar-refractivity contribution >= 4 is 23.2 Å². The average molecular weight is 434 g/mol. The molecule has 1 saturated carbocycles. The topological polar surface area (TPSA) is 69.6 Å². The van der Waals surface area contributed by atoms with Crippen LogP contribution in [0.3, 0.4) is 0 Å². The van der Waals surface area contributed by atoms with Crippen LogP contribution in [0.15, 0.2) is 30.6 Å². The fraction of sp³-hybridized carbons (Fsp3) is 0.520. The maximum atomic E-state index is 13.2. The summed E-state index contributed by atoms with van der Waals surface area (Å²) in [5.41, 5.74) is 3.88. The van der Waals surface area contributed by atoms with Crippen LogP contribution in [-0.4, -0.2) is 60.3 Å². The Bertz CT molecular complexity index is 1010. The van der Waals surface area contributed by atoms with Crippen molar-refractivity contribution in [3.63, 3.8) is 0 Å². The highest BCUT2D eigenvalue weighted by atomic mass is 16.2. The fourth-order valence-electron chi connectivity index (χ4n) is 4.93. The number of amides is 1. The van der Waals surface area contributed by atoms with Gasteiger partial charge in [-0.2, -0.15) is 0 Å². The van der Waals surface area contributed by atoms with E-state index in [1.165, 1.54) is 0 Å². The fourth-order valence-corrected chi connectivity index (χ4v) is 4.93. The van der Waals surface area contributed by atoms with E-state index >= 15 is 0 Å². The lowest BCUT2D eigenvalue weighted by Gasteiger charge is -2.36. The summed E-state index contributed by atoms with van der Waals surface area (Å²) in [4.78, 5) is 41.0. The second-order valence-electron chi connectivity index (χ2n) is 9.48. The van der Waals surface area contributed by atoms with E-state index in [0.29, 0.717) is 30.4 Å². The van der Waals surface area contributed by atoms with Crippen LogP contribution in [0.4, 0.5) is 11.5 Å². The highest BCUT2D eigenvalue weighted by molar-refractivity contribution is 5.94. The number of rotatable bonds is 5. The molecule has 1 amide bonds. The number of hydrogen-bond acceptors (Lipinski definition) is 6. The molecule has 1 saturated heterocycles. The van der Waals surface area contributed by atoms with Gasteiger partial charge in [-0.25, -0.2) is 9.97 Å². The van der Waals surface area contributed by atoms with E-state index in [0.717, 1.165) is 68.0 Å². The van der Waals surface area contributed by atoms with Crippen LogP contribution in [0.2, 0.25) is 0 Å². The minimum Gasteiger partial charge on any atom is -0.378 e. The second-order valence-corrected chi connectivity index (χ2v) is 9.48. The highest BCUT2D eigenvalue weighted by Crippen LogP contribution is 2.36. The van der Waals surface area contributed by atoms with Crippen LogP contribution in [0.1, 0.15) is 47.3 Å². The zero-order valence-corrected chi connectivity index (χ0v) is 19.0. The molecule has 1 aromatic heterocycles. The third-order valence-corrected chi connectivity index (χ3v) is 7.07. The van der Waals surface area contributed by atoms with Gasteiger partial charge >= 0.3 is 0 Å². The van der Waals surface area contributed by atoms with Crippen LogP contribution >= 0.6 is 0 Å². The number of benzene rings is 1. The number of carbonyl (C=O) groups is 2. The summed E-state index contributed by atoms with van der Waals surface area (Å²) in [6.45, 7) is 2.87. The molecule has 3 aliphatic rings. The molecule has 2 aliphatic heterocycles. The summed E-state index contributed by atoms with van der Waals surface area (Å²) in [7, 11) is 3.98. The first-order valence-corrected chi connectivity index (χ1v) is 11.7. The lowest BCUT2D eigenvalue weighted by atomic mass is 9.90. The van der Waals surface area contributed by atoms with Gasteiger partial charge in [-0.1, -0.05) is 0 Å². The Balaban J connectivity index is 1.30. The third-order valence-electron chi connectivity index (χ3n) is 7.07. The third kappa shape index (κ3) is 4.08. The molecule has 0 atom stereocenters. The average Bonchev–Trinajstić information content (AvgIpc) is 3.68. The molecule has 0 radical (unpaired) electrons. The van der Waals surface area contributed by atoms with Gasteiger partial charge in [0.2, 0.25) is 0 Å². The number of carbonyl (C=O) groups excluding carboxylic acids is 2. The molecule has 2 aromatic rings. The summed E-state index contributed by atoms with van der Waals surface area (Å²) in [5.74, 6) is 2.01. The maximum absolute atomic E-state index is 13.2. The number of piperidine rings is 1. The SMILES string of the molecule is CN(C)c1ccc(C(=O)N2CCc3ncnc(N4CCC(C(=O)C5CC5)CC4)c3C2)cc1. The number of aromatic nitrogens is 2. The molecule has 0 bridgehead atoms. The van der Waals surface area contributed by atoms with E-state index in [1.54, 1.807) is 6.33 Å². The van der Waals surface area contributed by atoms with Crippen LogP contribution in [0.25, 0.3) is 0 Å². The lowest BCUT2D eigenvalue weighted by Crippen LogP contribution is -2.41. The highest BCUT2D eigenvalue weighted by Gasteiger charge is 2.37. The van der Waals surface area contributed by atoms with Crippen molar-refractivity contribution in [2.75, 3.05) is 43.5 Å². The van der Waals surface area contributed by atoms with Crippen molar-refractivity contribution in [1.29, 1.82) is 0 Å². The first-order chi connectivity index (χ1) is 15.5. The van der Waals surface area contributed by atoms with Crippen LogP contribution in [0, 0.1) is 11.8 Å². The van der Waals surface area contributed by atoms with Gasteiger partial charge < -0.3 is 14.7 Å². The molecular weight excluding hydrogens is 402 g/mol. The van der Waals surface area contributed by atoms with Crippen molar-refractivity contribution in [1.82, 2.24) is 14.9 Å². The van der Waals surface area contributed by atoms with Crippen molar-refractivity contribution in [2.24, 2.45) is 11.8 Å². The van der Waals surface area contributed by atoms with Crippen LogP contribution in [0.5, 0.6) is 0 Å². The Morgan fingerprint density at radius 1 is 0.938 bits per heavy atom. The Kier molecular flexibility index (Phi) is 5.57. The standard InChI is InChI=1S/C25H31N5O2/c1-28(2)20-7-5-19(6-8-20)25(32)30-14-11-22-21(15-30)24(27-16-26-22)29-12-9-18(10-13-29)23(31)17-3-4-17/h5-8,16-18H,3-4,9-15H2,1-2H3. The van der Waals surface area contributed by atoms with Gasteiger partial charge in [0.15, 0.2) is 0 Å². The first kappa shape index (κ1) is 20.9. The van der Waals surface area contributed by atoms with Gasteiger partial charge in [0, 0.05) is 68.8 Å². The smallest absolute Gasteiger partial charge is 0.254 e. The minimum atomic E-state index is 0.0458. The quantitative estimate of drug-likeness (QED) is 0.722. The molecule has 1 aliphatic carbocycles. The van der Waals surface area contributed by atoms with E-state index in [2.05, 4.69) is 14.9 Å². The molecule has 32 heavy (non-hydrogen) atoms. The molecule has 0 N–H and O–H groups in total. The number of nitrogens with zero attached hydrogens (tertiary/aromatic N) is 5. The van der Waals surface area contributed by atoms with E-state index in [4.69, 9.17) is 0 Å². The molecule has 7 nitrogen and oxygen atoms in total. The zero-order valence-electron chi connectivity index (χ0n) is 19.0. The Morgan fingerprint density at radius 2 is 1.62 bits per heavy atom. The monoisotopic (exact) mass is 433 g/mol. The summed E-state index contributed by atoms with van der Waals surface area (Å²) in [6, 6.07) is 7.76. The van der Waals surface area contributed by atoms with Gasteiger partial charge in [-0.05, 0) is 49.9 Å². The molecule has 168 valence electrons. The molecule has 1 aromatic carbocycles. The van der Waals surface area contributed by atoms with Crippen LogP contribution in [-0.2, 0) is 17.8 Å². The van der Waals surface area contributed by atoms with Gasteiger partial charge in [0.25, 0.3) is 5.91 Å². The zero-order chi connectivity index (χ0) is 22.2. The Morgan fingerprint density at radius 3 is 2.28 bits per heavy atom. The summed E-state index contributed by atoms with van der Waals surface area (Å²) in [5, 5.41) is 0. The number of anilines is 2. The van der Waals surface area contributed by atoms with E-state index in [-0.39, 0.29) is 11.8 Å². The molecule has 0 spiro atoms. The predicted molar refractivity (Wildman–Crippen MR) is 124 cm³/mol. The molecule has 2 fully saturated rings. The maximum Gasteiger partial charge on any atom is 0.254 e. The molecule has 3 heterocycles. The predicted octanol–water partition coefficient (Wildman–Crippen LogP) is 2.94. The largest absolute Gasteiger partial charge is 0.378 e. The minimum absolute atomic E-state index is 0.0458. The number of ketones is 1. The number of fused-ring (bicyclic) bond motifs is 1. The normalized spacial score (nSPS) is 18.9. The van der Waals surface area contributed by atoms with Gasteiger partial charge in [-0.15, -0.1) is 0 Å². The number of Topliss-reactive ketones (excluding diaryl/α,β-unsaturated/α-hetero) is 1. The molecule has 0 unspecified atom stereocenters. The molecular formula is C25H31N5O2. The Hall–Kier alpha value is -2.96. The van der Waals surface area contributed by atoms with Crippen molar-refractivity contribution in [2.45, 2.75) is 38.6 Å². The first-order valence-electron chi connectivity index (χ1n) is 11.7. The van der Waals surface area contributed by atoms with Gasteiger partial charge in [0.05, 0.1) is 12.2 Å². The van der Waals surface area contributed by atoms with E-state index in [1.807, 2.05) is 48.2 Å². The second kappa shape index (κ2) is 8.52. The Labute approximate surface area is 189 Å². The van der Waals surface area contributed by atoms with E-state index < -0.39 is 0 Å². The number of hydrogen-bond donors (Lipinski definition) is 0. The summed E-state index contributed by atoms with van der Waals surface area (Å²) < 4.78 is 0. The molecule has 7 heteroatoms. The summed E-state index contributed by atoms with van der Waals surface area (Å²) in [6.07, 6.45) is 6.35. The van der Waals surface area contributed by atoms with Gasteiger partial charge in [-0.3, -0.25) is 9.59 Å². The van der Waals surface area contributed by atoms with E-state index in [9.17, 15) is 9.59 Å².